The summed E-state index contributed by atoms with van der Waals surface area (Å²) in [7, 11) is 0. The summed E-state index contributed by atoms with van der Waals surface area (Å²) in [6.07, 6.45) is 88.1. The molecule has 0 amide bonds. The minimum atomic E-state index is -0.774. The number of allylic oxidation sites excluding steroid dienone is 4. The fourth-order valence-electron chi connectivity index (χ4n) is 11.6. The number of unbranched alkanes of at least 4 members (excludes halogenated alkanes) is 55. The van der Waals surface area contributed by atoms with E-state index in [1.165, 1.54) is 308 Å². The molecule has 6 heteroatoms. The Labute approximate surface area is 513 Å². The minimum Gasteiger partial charge on any atom is -0.462 e. The number of hydrogen-bond donors (Lipinski definition) is 0. The van der Waals surface area contributed by atoms with Crippen LogP contribution < -0.4 is 0 Å². The van der Waals surface area contributed by atoms with Crippen LogP contribution in [0.5, 0.6) is 0 Å². The van der Waals surface area contributed by atoms with Gasteiger partial charge in [-0.05, 0) is 51.4 Å². The average Bonchev–Trinajstić information content (AvgIpc) is 3.47. The molecule has 0 rings (SSSR count). The molecular weight excluding hydrogens is 1010 g/mol. The predicted molar refractivity (Wildman–Crippen MR) is 358 cm³/mol. The number of rotatable bonds is 70. The van der Waals surface area contributed by atoms with E-state index in [2.05, 4.69) is 45.1 Å². The lowest BCUT2D eigenvalue weighted by molar-refractivity contribution is -0.167. The van der Waals surface area contributed by atoms with Crippen LogP contribution in [-0.2, 0) is 28.6 Å². The maximum atomic E-state index is 12.9. The maximum absolute atomic E-state index is 12.9. The summed E-state index contributed by atoms with van der Waals surface area (Å²) >= 11 is 0. The zero-order valence-electron chi connectivity index (χ0n) is 55.8. The van der Waals surface area contributed by atoms with Crippen LogP contribution in [-0.4, -0.2) is 37.2 Å². The van der Waals surface area contributed by atoms with Crippen molar-refractivity contribution in [2.45, 2.75) is 431 Å². The topological polar surface area (TPSA) is 78.9 Å². The normalized spacial score (nSPS) is 12.1. The third kappa shape index (κ3) is 68.7. The van der Waals surface area contributed by atoms with E-state index in [-0.39, 0.29) is 31.1 Å². The Bertz CT molecular complexity index is 1320. The van der Waals surface area contributed by atoms with Crippen LogP contribution in [0.1, 0.15) is 425 Å². The fourth-order valence-corrected chi connectivity index (χ4v) is 11.6. The molecule has 484 valence electrons. The van der Waals surface area contributed by atoms with E-state index in [0.717, 1.165) is 77.0 Å². The predicted octanol–water partition coefficient (Wildman–Crippen LogP) is 25.7. The van der Waals surface area contributed by atoms with E-state index in [9.17, 15) is 14.4 Å². The van der Waals surface area contributed by atoms with Crippen LogP contribution in [0.3, 0.4) is 0 Å². The second kappa shape index (κ2) is 71.4. The molecule has 6 nitrogen and oxygen atoms in total. The molecule has 0 aliphatic rings. The average molecular weight is 1150 g/mol. The third-order valence-electron chi connectivity index (χ3n) is 17.2. The van der Waals surface area contributed by atoms with Gasteiger partial charge in [0, 0.05) is 19.3 Å². The van der Waals surface area contributed by atoms with E-state index in [1.807, 2.05) is 0 Å². The zero-order valence-corrected chi connectivity index (χ0v) is 55.8. The van der Waals surface area contributed by atoms with E-state index in [0.29, 0.717) is 19.3 Å². The highest BCUT2D eigenvalue weighted by atomic mass is 16.6. The van der Waals surface area contributed by atoms with Gasteiger partial charge in [0.25, 0.3) is 0 Å². The number of ether oxygens (including phenoxy) is 3. The quantitative estimate of drug-likeness (QED) is 0.0261. The van der Waals surface area contributed by atoms with Gasteiger partial charge in [-0.2, -0.15) is 0 Å². The Morgan fingerprint density at radius 2 is 0.439 bits per heavy atom. The summed E-state index contributed by atoms with van der Waals surface area (Å²) in [5.41, 5.74) is 0. The van der Waals surface area contributed by atoms with Crippen molar-refractivity contribution in [1.29, 1.82) is 0 Å². The van der Waals surface area contributed by atoms with Gasteiger partial charge in [-0.3, -0.25) is 14.4 Å². The highest BCUT2D eigenvalue weighted by molar-refractivity contribution is 5.71. The molecule has 0 aliphatic carbocycles. The summed E-state index contributed by atoms with van der Waals surface area (Å²) in [5.74, 6) is -0.851. The van der Waals surface area contributed by atoms with E-state index in [4.69, 9.17) is 14.2 Å². The van der Waals surface area contributed by atoms with Crippen molar-refractivity contribution >= 4 is 17.9 Å². The van der Waals surface area contributed by atoms with Gasteiger partial charge in [0.05, 0.1) is 0 Å². The summed E-state index contributed by atoms with van der Waals surface area (Å²) in [5, 5.41) is 0. The second-order valence-corrected chi connectivity index (χ2v) is 25.6. The molecule has 0 radical (unpaired) electrons. The minimum absolute atomic E-state index is 0.0693. The first-order valence-electron chi connectivity index (χ1n) is 37.3. The van der Waals surface area contributed by atoms with Gasteiger partial charge in [0.1, 0.15) is 13.2 Å². The summed E-state index contributed by atoms with van der Waals surface area (Å²) in [6, 6.07) is 0. The molecule has 0 aromatic heterocycles. The number of carbonyl (C=O) groups is 3. The lowest BCUT2D eigenvalue weighted by Crippen LogP contribution is -2.30. The van der Waals surface area contributed by atoms with Gasteiger partial charge >= 0.3 is 17.9 Å². The Kier molecular flexibility index (Phi) is 69.5. The largest absolute Gasteiger partial charge is 0.462 e. The van der Waals surface area contributed by atoms with Gasteiger partial charge < -0.3 is 14.2 Å². The number of hydrogen-bond acceptors (Lipinski definition) is 6. The lowest BCUT2D eigenvalue weighted by Gasteiger charge is -2.18. The van der Waals surface area contributed by atoms with Gasteiger partial charge in [0.2, 0.25) is 0 Å². The molecule has 0 spiro atoms. The van der Waals surface area contributed by atoms with Gasteiger partial charge in [-0.1, -0.05) is 379 Å². The zero-order chi connectivity index (χ0) is 59.2. The molecule has 0 fully saturated rings. The van der Waals surface area contributed by atoms with Crippen molar-refractivity contribution < 1.29 is 28.6 Å². The summed E-state index contributed by atoms with van der Waals surface area (Å²) in [4.78, 5) is 38.4. The molecule has 1 unspecified atom stereocenters. The van der Waals surface area contributed by atoms with Crippen LogP contribution in [0, 0.1) is 0 Å². The van der Waals surface area contributed by atoms with Crippen molar-refractivity contribution in [3.05, 3.63) is 24.3 Å². The molecule has 0 saturated carbocycles. The van der Waals surface area contributed by atoms with Gasteiger partial charge in [-0.15, -0.1) is 0 Å². The van der Waals surface area contributed by atoms with Crippen LogP contribution in [0.2, 0.25) is 0 Å². The molecule has 1 atom stereocenters. The smallest absolute Gasteiger partial charge is 0.306 e. The Morgan fingerprint density at radius 3 is 0.695 bits per heavy atom. The molecule has 0 aromatic rings. The summed E-state index contributed by atoms with van der Waals surface area (Å²) < 4.78 is 17.0. The number of carbonyl (C=O) groups excluding carboxylic acids is 3. The Hall–Kier alpha value is -2.11. The molecule has 0 heterocycles. The molecule has 0 saturated heterocycles. The maximum Gasteiger partial charge on any atom is 0.306 e. The van der Waals surface area contributed by atoms with Gasteiger partial charge in [0.15, 0.2) is 6.10 Å². The second-order valence-electron chi connectivity index (χ2n) is 25.6. The van der Waals surface area contributed by atoms with Crippen LogP contribution in [0.4, 0.5) is 0 Å². The Balaban J connectivity index is 4.10. The lowest BCUT2D eigenvalue weighted by atomic mass is 10.0. The number of esters is 3. The van der Waals surface area contributed by atoms with Crippen LogP contribution in [0.15, 0.2) is 24.3 Å². The monoisotopic (exact) mass is 1150 g/mol. The molecule has 0 aromatic carbocycles. The van der Waals surface area contributed by atoms with Crippen molar-refractivity contribution in [2.75, 3.05) is 13.2 Å². The Morgan fingerprint density at radius 1 is 0.244 bits per heavy atom. The first-order chi connectivity index (χ1) is 40.5. The first-order valence-corrected chi connectivity index (χ1v) is 37.3. The highest BCUT2D eigenvalue weighted by Gasteiger charge is 2.20. The molecule has 0 N–H and O–H groups in total. The van der Waals surface area contributed by atoms with Crippen molar-refractivity contribution in [1.82, 2.24) is 0 Å². The SMILES string of the molecule is CCCCC/C=C\C/C=C\CCCCCCCC(=O)OCC(COC(=O)CCCCCCCCCCCCCCCCCCCCCCCCCCCCCCCCCCC)OC(=O)CCCCCCCCCCCCCCCCCC. The van der Waals surface area contributed by atoms with E-state index in [1.54, 1.807) is 0 Å². The van der Waals surface area contributed by atoms with E-state index >= 15 is 0 Å². The van der Waals surface area contributed by atoms with Crippen molar-refractivity contribution in [3.8, 4) is 0 Å². The van der Waals surface area contributed by atoms with Crippen LogP contribution >= 0.6 is 0 Å². The first kappa shape index (κ1) is 79.9. The van der Waals surface area contributed by atoms with Crippen LogP contribution in [0.25, 0.3) is 0 Å². The standard InChI is InChI=1S/C76H144O6/c1-4-7-10-13-16-19-22-25-28-30-31-32-33-34-35-36-37-38-39-40-41-42-43-44-45-46-49-51-54-57-60-63-66-69-75(78)81-72-73(71-80-74(77)68-65-62-59-56-53-50-47-27-24-21-18-15-12-9-6-3)82-76(79)70-67-64-61-58-55-52-48-29-26-23-20-17-14-11-8-5-2/h18,21,27,47,73H,4-17,19-20,22-26,28-46,48-72H2,1-3H3/b21-18-,47-27-. The summed E-state index contributed by atoms with van der Waals surface area (Å²) in [6.45, 7) is 6.69. The van der Waals surface area contributed by atoms with Gasteiger partial charge in [-0.25, -0.2) is 0 Å². The van der Waals surface area contributed by atoms with Crippen molar-refractivity contribution in [2.24, 2.45) is 0 Å². The van der Waals surface area contributed by atoms with E-state index < -0.39 is 6.10 Å². The molecule has 82 heavy (non-hydrogen) atoms. The highest BCUT2D eigenvalue weighted by Crippen LogP contribution is 2.19. The molecule has 0 bridgehead atoms. The molecule has 0 aliphatic heterocycles. The van der Waals surface area contributed by atoms with Crippen molar-refractivity contribution in [3.63, 3.8) is 0 Å². The fraction of sp³-hybridized carbons (Fsp3) is 0.908. The third-order valence-corrected chi connectivity index (χ3v) is 17.2. The molecular formula is C76H144O6.